The summed E-state index contributed by atoms with van der Waals surface area (Å²) in [5.41, 5.74) is 10.0. The Kier molecular flexibility index (Phi) is 4.92. The first-order chi connectivity index (χ1) is 12.5. The van der Waals surface area contributed by atoms with Gasteiger partial charge >= 0.3 is 0 Å². The van der Waals surface area contributed by atoms with E-state index in [0.29, 0.717) is 17.2 Å². The Morgan fingerprint density at radius 1 is 0.923 bits per heavy atom. The predicted molar refractivity (Wildman–Crippen MR) is 108 cm³/mol. The van der Waals surface area contributed by atoms with Crippen molar-refractivity contribution in [1.29, 1.82) is 0 Å². The number of hydrogen-bond donors (Lipinski definition) is 2. The second kappa shape index (κ2) is 7.00. The Labute approximate surface area is 155 Å². The van der Waals surface area contributed by atoms with Crippen molar-refractivity contribution in [3.05, 3.63) is 76.4 Å². The number of anilines is 1. The van der Waals surface area contributed by atoms with E-state index >= 15 is 0 Å². The van der Waals surface area contributed by atoms with Crippen molar-refractivity contribution in [3.63, 3.8) is 0 Å². The summed E-state index contributed by atoms with van der Waals surface area (Å²) in [6.45, 7) is 8.08. The lowest BCUT2D eigenvalue weighted by molar-refractivity contribution is 0.110. The number of benzene rings is 2. The molecule has 1 heterocycles. The van der Waals surface area contributed by atoms with E-state index in [4.69, 9.17) is 10.5 Å². The molecule has 1 unspecified atom stereocenters. The van der Waals surface area contributed by atoms with Gasteiger partial charge in [-0.3, -0.25) is 0 Å². The minimum absolute atomic E-state index is 0.620. The lowest BCUT2D eigenvalue weighted by Crippen LogP contribution is -2.34. The van der Waals surface area contributed by atoms with Crippen LogP contribution in [0.15, 0.2) is 59.7 Å². The zero-order valence-electron chi connectivity index (χ0n) is 16.0. The normalized spacial score (nSPS) is 20.5. The Bertz CT molecular complexity index is 842. The Morgan fingerprint density at radius 3 is 2.23 bits per heavy atom. The van der Waals surface area contributed by atoms with Crippen molar-refractivity contribution >= 4 is 5.69 Å². The molecule has 3 N–H and O–H groups in total. The summed E-state index contributed by atoms with van der Waals surface area (Å²) in [6.07, 6.45) is 6.27. The van der Waals surface area contributed by atoms with Crippen LogP contribution in [-0.2, 0) is 5.60 Å². The number of allylic oxidation sites excluding steroid dienone is 2. The molecular weight excluding hydrogens is 322 g/mol. The van der Waals surface area contributed by atoms with Crippen LogP contribution in [0.5, 0.6) is 11.5 Å². The number of aliphatic hydroxyl groups is 1. The molecule has 1 aliphatic heterocycles. The fraction of sp³-hybridized carbons (Fsp3) is 0.304. The van der Waals surface area contributed by atoms with Crippen LogP contribution in [0.3, 0.4) is 0 Å². The maximum absolute atomic E-state index is 11.9. The molecule has 0 saturated heterocycles. The van der Waals surface area contributed by atoms with Gasteiger partial charge in [0.25, 0.3) is 0 Å². The molecule has 0 bridgehead atoms. The van der Waals surface area contributed by atoms with Crippen LogP contribution in [0.25, 0.3) is 0 Å². The second-order valence-electron chi connectivity index (χ2n) is 6.65. The molecule has 0 spiro atoms. The SMILES string of the molecule is CC.CC1=CCCC=C1C1(O)c2ccc(C)cc2Oc2cc(N)ccc21. The van der Waals surface area contributed by atoms with E-state index in [9.17, 15) is 5.11 Å². The Morgan fingerprint density at radius 2 is 1.54 bits per heavy atom. The minimum Gasteiger partial charge on any atom is -0.456 e. The van der Waals surface area contributed by atoms with Gasteiger partial charge in [0.1, 0.15) is 17.1 Å². The first kappa shape index (κ1) is 18.3. The monoisotopic (exact) mass is 349 g/mol. The smallest absolute Gasteiger partial charge is 0.147 e. The standard InChI is InChI=1S/C21H21NO2.C2H6/c1-13-7-9-17-19(11-13)24-20-12-15(22)8-10-18(20)21(17,23)16-6-4-3-5-14(16)2;1-2/h5-12,23H,3-4,22H2,1-2H3;1-2H3. The van der Waals surface area contributed by atoms with Gasteiger partial charge in [-0.25, -0.2) is 0 Å². The number of aryl methyl sites for hydroxylation is 1. The zero-order chi connectivity index (χ0) is 18.9. The highest BCUT2D eigenvalue weighted by molar-refractivity contribution is 5.66. The molecule has 0 radical (unpaired) electrons. The van der Waals surface area contributed by atoms with Crippen molar-refractivity contribution in [2.75, 3.05) is 5.73 Å². The van der Waals surface area contributed by atoms with Crippen molar-refractivity contribution in [2.45, 2.75) is 46.1 Å². The van der Waals surface area contributed by atoms with E-state index in [2.05, 4.69) is 19.1 Å². The van der Waals surface area contributed by atoms with Gasteiger partial charge in [-0.1, -0.05) is 38.1 Å². The van der Waals surface area contributed by atoms with Crippen LogP contribution < -0.4 is 10.5 Å². The molecule has 0 aromatic heterocycles. The molecule has 2 aromatic rings. The quantitative estimate of drug-likeness (QED) is 0.658. The van der Waals surface area contributed by atoms with E-state index in [1.165, 1.54) is 0 Å². The number of fused-ring (bicyclic) bond motifs is 2. The molecule has 26 heavy (non-hydrogen) atoms. The number of rotatable bonds is 1. The zero-order valence-corrected chi connectivity index (χ0v) is 16.0. The summed E-state index contributed by atoms with van der Waals surface area (Å²) >= 11 is 0. The lowest BCUT2D eigenvalue weighted by atomic mass is 9.73. The van der Waals surface area contributed by atoms with Crippen molar-refractivity contribution in [3.8, 4) is 11.5 Å². The first-order valence-electron chi connectivity index (χ1n) is 9.29. The van der Waals surface area contributed by atoms with E-state index in [1.54, 1.807) is 6.07 Å². The molecule has 3 heteroatoms. The predicted octanol–water partition coefficient (Wildman–Crippen LogP) is 5.61. The van der Waals surface area contributed by atoms with Gasteiger partial charge < -0.3 is 15.6 Å². The van der Waals surface area contributed by atoms with Gasteiger partial charge in [-0.2, -0.15) is 0 Å². The maximum atomic E-state index is 11.9. The second-order valence-corrected chi connectivity index (χ2v) is 6.65. The molecule has 4 rings (SSSR count). The third-order valence-corrected chi connectivity index (χ3v) is 4.92. The van der Waals surface area contributed by atoms with Gasteiger partial charge in [0.15, 0.2) is 0 Å². The minimum atomic E-state index is -1.22. The van der Waals surface area contributed by atoms with E-state index in [0.717, 1.165) is 40.7 Å². The number of nitrogens with two attached hydrogens (primary N) is 1. The van der Waals surface area contributed by atoms with Crippen LogP contribution >= 0.6 is 0 Å². The fourth-order valence-corrected chi connectivity index (χ4v) is 3.72. The number of hydrogen-bond acceptors (Lipinski definition) is 3. The molecule has 0 fully saturated rings. The molecule has 1 aliphatic carbocycles. The van der Waals surface area contributed by atoms with Gasteiger partial charge in [0, 0.05) is 22.9 Å². The number of nitrogen functional groups attached to an aromatic ring is 1. The third kappa shape index (κ3) is 2.82. The largest absolute Gasteiger partial charge is 0.456 e. The van der Waals surface area contributed by atoms with Crippen LogP contribution in [-0.4, -0.2) is 5.11 Å². The van der Waals surface area contributed by atoms with E-state index < -0.39 is 5.60 Å². The van der Waals surface area contributed by atoms with Gasteiger partial charge in [0.05, 0.1) is 0 Å². The van der Waals surface area contributed by atoms with E-state index in [1.807, 2.05) is 51.1 Å². The highest BCUT2D eigenvalue weighted by Crippen LogP contribution is 2.52. The summed E-state index contributed by atoms with van der Waals surface area (Å²) in [5, 5.41) is 11.9. The summed E-state index contributed by atoms with van der Waals surface area (Å²) in [5.74, 6) is 1.31. The highest BCUT2D eigenvalue weighted by atomic mass is 16.5. The average molecular weight is 349 g/mol. The molecule has 1 atom stereocenters. The van der Waals surface area contributed by atoms with Gasteiger partial charge in [-0.15, -0.1) is 0 Å². The molecule has 2 aromatic carbocycles. The van der Waals surface area contributed by atoms with E-state index in [-0.39, 0.29) is 0 Å². The molecule has 136 valence electrons. The van der Waals surface area contributed by atoms with Crippen LogP contribution in [0, 0.1) is 6.92 Å². The molecule has 0 saturated carbocycles. The summed E-state index contributed by atoms with van der Waals surface area (Å²) < 4.78 is 6.07. The van der Waals surface area contributed by atoms with Crippen molar-refractivity contribution in [2.24, 2.45) is 0 Å². The summed E-state index contributed by atoms with van der Waals surface area (Å²) in [7, 11) is 0. The molecule has 0 amide bonds. The van der Waals surface area contributed by atoms with Crippen molar-refractivity contribution < 1.29 is 9.84 Å². The highest BCUT2D eigenvalue weighted by Gasteiger charge is 2.44. The first-order valence-corrected chi connectivity index (χ1v) is 9.29. The fourth-order valence-electron chi connectivity index (χ4n) is 3.72. The molecule has 3 nitrogen and oxygen atoms in total. The average Bonchev–Trinajstić information content (AvgIpc) is 2.63. The van der Waals surface area contributed by atoms with Gasteiger partial charge in [-0.05, 0) is 61.6 Å². The Hall–Kier alpha value is -2.52. The molecular formula is C23H27NO2. The van der Waals surface area contributed by atoms with Crippen LogP contribution in [0.2, 0.25) is 0 Å². The van der Waals surface area contributed by atoms with Crippen LogP contribution in [0.1, 0.15) is 50.3 Å². The lowest BCUT2D eigenvalue weighted by Gasteiger charge is -2.39. The Balaban J connectivity index is 0.000000948. The number of ether oxygens (including phenoxy) is 1. The van der Waals surface area contributed by atoms with Gasteiger partial charge in [0.2, 0.25) is 0 Å². The summed E-state index contributed by atoms with van der Waals surface area (Å²) in [4.78, 5) is 0. The third-order valence-electron chi connectivity index (χ3n) is 4.92. The summed E-state index contributed by atoms with van der Waals surface area (Å²) in [6, 6.07) is 11.4. The van der Waals surface area contributed by atoms with Crippen LogP contribution in [0.4, 0.5) is 5.69 Å². The topological polar surface area (TPSA) is 55.5 Å². The maximum Gasteiger partial charge on any atom is 0.147 e. The molecule has 2 aliphatic rings. The van der Waals surface area contributed by atoms with Crippen molar-refractivity contribution in [1.82, 2.24) is 0 Å².